The van der Waals surface area contributed by atoms with Crippen LogP contribution in [0, 0.1) is 5.92 Å². The van der Waals surface area contributed by atoms with Gasteiger partial charge in [0.25, 0.3) is 0 Å². The van der Waals surface area contributed by atoms with Gasteiger partial charge < -0.3 is 15.6 Å². The summed E-state index contributed by atoms with van der Waals surface area (Å²) in [5.41, 5.74) is 5.94. The molecule has 2 aliphatic rings. The van der Waals surface area contributed by atoms with E-state index < -0.39 is 0 Å². The second-order valence-corrected chi connectivity index (χ2v) is 6.65. The zero-order chi connectivity index (χ0) is 13.2. The van der Waals surface area contributed by atoms with Crippen molar-refractivity contribution in [2.45, 2.75) is 50.7 Å². The van der Waals surface area contributed by atoms with Gasteiger partial charge in [0.1, 0.15) is 0 Å². The standard InChI is InChI=1S/C14H28N2O2/c1-13(2)10-16(8-9-18-13)7-5-12-4-3-6-14(12,15)11-17/h12,17H,3-11,15H2,1-2H3. The normalized spacial score (nSPS) is 37.0. The molecule has 0 aromatic rings. The number of aliphatic hydroxyl groups is 1. The molecule has 0 spiro atoms. The van der Waals surface area contributed by atoms with E-state index in [1.54, 1.807) is 0 Å². The molecule has 4 nitrogen and oxygen atoms in total. The Bertz CT molecular complexity index is 283. The van der Waals surface area contributed by atoms with Gasteiger partial charge in [0.2, 0.25) is 0 Å². The molecule has 1 aliphatic carbocycles. The summed E-state index contributed by atoms with van der Waals surface area (Å²) >= 11 is 0. The smallest absolute Gasteiger partial charge is 0.0753 e. The first-order valence-electron chi connectivity index (χ1n) is 7.21. The SMILES string of the molecule is CC1(C)CN(CCC2CCCC2(N)CO)CCO1. The van der Waals surface area contributed by atoms with Gasteiger partial charge in [-0.15, -0.1) is 0 Å². The molecule has 0 bridgehead atoms. The maximum atomic E-state index is 9.46. The largest absolute Gasteiger partial charge is 0.394 e. The minimum atomic E-state index is -0.318. The van der Waals surface area contributed by atoms with Gasteiger partial charge in [-0.3, -0.25) is 4.90 Å². The monoisotopic (exact) mass is 256 g/mol. The number of nitrogens with zero attached hydrogens (tertiary/aromatic N) is 1. The van der Waals surface area contributed by atoms with Crippen LogP contribution in [0.4, 0.5) is 0 Å². The van der Waals surface area contributed by atoms with Crippen molar-refractivity contribution in [3.63, 3.8) is 0 Å². The van der Waals surface area contributed by atoms with Gasteiger partial charge in [0.05, 0.1) is 18.8 Å². The van der Waals surface area contributed by atoms with E-state index in [0.717, 1.165) is 45.5 Å². The Morgan fingerprint density at radius 3 is 2.89 bits per heavy atom. The van der Waals surface area contributed by atoms with E-state index >= 15 is 0 Å². The molecular weight excluding hydrogens is 228 g/mol. The van der Waals surface area contributed by atoms with Gasteiger partial charge in [0, 0.05) is 18.6 Å². The molecule has 1 aliphatic heterocycles. The maximum Gasteiger partial charge on any atom is 0.0753 e. The number of morpholine rings is 1. The molecule has 106 valence electrons. The molecule has 4 heteroatoms. The lowest BCUT2D eigenvalue weighted by atomic mass is 9.86. The summed E-state index contributed by atoms with van der Waals surface area (Å²) in [6.07, 6.45) is 4.41. The van der Waals surface area contributed by atoms with E-state index in [0.29, 0.717) is 5.92 Å². The third-order valence-electron chi connectivity index (χ3n) is 4.60. The summed E-state index contributed by atoms with van der Waals surface area (Å²) in [5, 5.41) is 9.46. The highest BCUT2D eigenvalue weighted by atomic mass is 16.5. The van der Waals surface area contributed by atoms with Crippen LogP contribution < -0.4 is 5.73 Å². The van der Waals surface area contributed by atoms with Gasteiger partial charge in [-0.25, -0.2) is 0 Å². The number of nitrogens with two attached hydrogens (primary N) is 1. The van der Waals surface area contributed by atoms with Gasteiger partial charge in [-0.2, -0.15) is 0 Å². The van der Waals surface area contributed by atoms with Crippen molar-refractivity contribution in [2.75, 3.05) is 32.8 Å². The quantitative estimate of drug-likeness (QED) is 0.787. The van der Waals surface area contributed by atoms with Crippen LogP contribution in [0.2, 0.25) is 0 Å². The molecule has 0 aromatic carbocycles. The van der Waals surface area contributed by atoms with E-state index in [2.05, 4.69) is 18.7 Å². The van der Waals surface area contributed by atoms with Crippen molar-refractivity contribution >= 4 is 0 Å². The number of hydrogen-bond donors (Lipinski definition) is 2. The van der Waals surface area contributed by atoms with Crippen LogP contribution in [0.5, 0.6) is 0 Å². The molecule has 0 aromatic heterocycles. The molecule has 2 unspecified atom stereocenters. The third kappa shape index (κ3) is 3.23. The first-order chi connectivity index (χ1) is 8.45. The van der Waals surface area contributed by atoms with Crippen LogP contribution in [0.1, 0.15) is 39.5 Å². The maximum absolute atomic E-state index is 9.46. The fraction of sp³-hybridized carbons (Fsp3) is 1.00. The van der Waals surface area contributed by atoms with Crippen LogP contribution in [0.3, 0.4) is 0 Å². The fourth-order valence-corrected chi connectivity index (χ4v) is 3.45. The Balaban J connectivity index is 1.81. The van der Waals surface area contributed by atoms with E-state index in [1.165, 1.54) is 6.42 Å². The fourth-order valence-electron chi connectivity index (χ4n) is 3.45. The molecule has 1 saturated heterocycles. The first kappa shape index (κ1) is 14.3. The molecule has 2 rings (SSSR count). The molecule has 1 heterocycles. The Morgan fingerprint density at radius 2 is 2.22 bits per heavy atom. The third-order valence-corrected chi connectivity index (χ3v) is 4.60. The number of ether oxygens (including phenoxy) is 1. The predicted molar refractivity (Wildman–Crippen MR) is 72.4 cm³/mol. The summed E-state index contributed by atoms with van der Waals surface area (Å²) in [4.78, 5) is 2.47. The molecule has 18 heavy (non-hydrogen) atoms. The highest BCUT2D eigenvalue weighted by Gasteiger charge is 2.39. The molecule has 0 radical (unpaired) electrons. The van der Waals surface area contributed by atoms with Crippen LogP contribution in [0.25, 0.3) is 0 Å². The van der Waals surface area contributed by atoms with Crippen LogP contribution in [-0.2, 0) is 4.74 Å². The summed E-state index contributed by atoms with van der Waals surface area (Å²) in [7, 11) is 0. The van der Waals surface area contributed by atoms with Gasteiger partial charge in [-0.1, -0.05) is 6.42 Å². The van der Waals surface area contributed by atoms with Crippen molar-refractivity contribution in [1.29, 1.82) is 0 Å². The van der Waals surface area contributed by atoms with E-state index in [9.17, 15) is 5.11 Å². The van der Waals surface area contributed by atoms with Crippen LogP contribution >= 0.6 is 0 Å². The van der Waals surface area contributed by atoms with Crippen LogP contribution in [-0.4, -0.2) is 54.0 Å². The Labute approximate surface area is 110 Å². The number of hydrogen-bond acceptors (Lipinski definition) is 4. The lowest BCUT2D eigenvalue weighted by molar-refractivity contribution is -0.0872. The Morgan fingerprint density at radius 1 is 1.44 bits per heavy atom. The molecule has 0 amide bonds. The minimum absolute atomic E-state index is 0.0231. The van der Waals surface area contributed by atoms with Crippen molar-refractivity contribution in [3.05, 3.63) is 0 Å². The van der Waals surface area contributed by atoms with Crippen molar-refractivity contribution in [1.82, 2.24) is 4.90 Å². The predicted octanol–water partition coefficient (Wildman–Crippen LogP) is 0.977. The molecule has 2 fully saturated rings. The highest BCUT2D eigenvalue weighted by molar-refractivity contribution is 4.96. The number of aliphatic hydroxyl groups excluding tert-OH is 1. The summed E-state index contributed by atoms with van der Waals surface area (Å²) in [6, 6.07) is 0. The average molecular weight is 256 g/mol. The van der Waals surface area contributed by atoms with Gasteiger partial charge in [0.15, 0.2) is 0 Å². The van der Waals surface area contributed by atoms with Crippen LogP contribution in [0.15, 0.2) is 0 Å². The lowest BCUT2D eigenvalue weighted by Crippen LogP contribution is -2.51. The van der Waals surface area contributed by atoms with Crippen molar-refractivity contribution < 1.29 is 9.84 Å². The summed E-state index contributed by atoms with van der Waals surface area (Å²) in [5.74, 6) is 0.480. The molecule has 1 saturated carbocycles. The molecular formula is C14H28N2O2. The van der Waals surface area contributed by atoms with Crippen molar-refractivity contribution in [3.8, 4) is 0 Å². The topological polar surface area (TPSA) is 58.7 Å². The summed E-state index contributed by atoms with van der Waals surface area (Å²) in [6.45, 7) is 8.35. The minimum Gasteiger partial charge on any atom is -0.394 e. The second-order valence-electron chi connectivity index (χ2n) is 6.65. The highest BCUT2D eigenvalue weighted by Crippen LogP contribution is 2.36. The number of rotatable bonds is 4. The van der Waals surface area contributed by atoms with E-state index in [1.807, 2.05) is 0 Å². The zero-order valence-corrected chi connectivity index (χ0v) is 11.8. The lowest BCUT2D eigenvalue weighted by Gasteiger charge is -2.39. The Hall–Kier alpha value is -0.160. The van der Waals surface area contributed by atoms with Gasteiger partial charge in [-0.05, 0) is 45.6 Å². The molecule has 3 N–H and O–H groups in total. The second kappa shape index (κ2) is 5.45. The van der Waals surface area contributed by atoms with E-state index in [-0.39, 0.29) is 17.7 Å². The van der Waals surface area contributed by atoms with Gasteiger partial charge >= 0.3 is 0 Å². The first-order valence-corrected chi connectivity index (χ1v) is 7.21. The molecule has 2 atom stereocenters. The van der Waals surface area contributed by atoms with E-state index in [4.69, 9.17) is 10.5 Å². The summed E-state index contributed by atoms with van der Waals surface area (Å²) < 4.78 is 5.72. The van der Waals surface area contributed by atoms with Crippen molar-refractivity contribution in [2.24, 2.45) is 11.7 Å². The zero-order valence-electron chi connectivity index (χ0n) is 11.8. The average Bonchev–Trinajstić information content (AvgIpc) is 2.68. The Kier molecular flexibility index (Phi) is 4.32.